The van der Waals surface area contributed by atoms with Crippen molar-refractivity contribution in [2.24, 2.45) is 0 Å². The van der Waals surface area contributed by atoms with E-state index in [1.165, 1.54) is 23.3 Å². The molecule has 3 aromatic rings. The number of aryl methyl sites for hydroxylation is 2. The van der Waals surface area contributed by atoms with Gasteiger partial charge in [-0.25, -0.2) is 0 Å². The number of carbonyl (C=O) groups excluding carboxylic acids is 1. The van der Waals surface area contributed by atoms with E-state index in [4.69, 9.17) is 4.52 Å². The molecule has 3 rings (SSSR count). The number of anilines is 1. The van der Waals surface area contributed by atoms with Gasteiger partial charge in [-0.1, -0.05) is 48.8 Å². The van der Waals surface area contributed by atoms with Crippen LogP contribution in [0.4, 0.5) is 5.82 Å². The Labute approximate surface area is 163 Å². The fourth-order valence-corrected chi connectivity index (χ4v) is 3.73. The van der Waals surface area contributed by atoms with Gasteiger partial charge in [0.15, 0.2) is 5.82 Å². The third-order valence-corrected chi connectivity index (χ3v) is 5.26. The van der Waals surface area contributed by atoms with E-state index in [9.17, 15) is 4.79 Å². The zero-order valence-electron chi connectivity index (χ0n) is 15.7. The van der Waals surface area contributed by atoms with E-state index in [0.29, 0.717) is 11.6 Å². The van der Waals surface area contributed by atoms with Crippen molar-refractivity contribution in [1.82, 2.24) is 10.5 Å². The Morgan fingerprint density at radius 1 is 1.26 bits per heavy atom. The maximum absolute atomic E-state index is 12.2. The third-order valence-electron chi connectivity index (χ3n) is 4.32. The molecular formula is C21H25N3O2S. The average Bonchev–Trinajstić information content (AvgIpc) is 3.33. The highest BCUT2D eigenvalue weighted by Gasteiger charge is 2.16. The van der Waals surface area contributed by atoms with E-state index in [0.717, 1.165) is 12.0 Å². The van der Waals surface area contributed by atoms with Crippen molar-refractivity contribution in [1.29, 1.82) is 0 Å². The van der Waals surface area contributed by atoms with Crippen molar-refractivity contribution in [2.75, 3.05) is 11.9 Å². The summed E-state index contributed by atoms with van der Waals surface area (Å²) in [5, 5.41) is 12.0. The Balaban J connectivity index is 1.66. The minimum atomic E-state index is -0.149. The number of aromatic nitrogens is 1. The summed E-state index contributed by atoms with van der Waals surface area (Å²) in [6.07, 6.45) is 3.50. The van der Waals surface area contributed by atoms with Gasteiger partial charge in [-0.05, 0) is 42.3 Å². The number of benzene rings is 1. The van der Waals surface area contributed by atoms with Crippen LogP contribution in [0.15, 0.2) is 52.4 Å². The lowest BCUT2D eigenvalue weighted by Crippen LogP contribution is -2.31. The second-order valence-corrected chi connectivity index (χ2v) is 7.52. The van der Waals surface area contributed by atoms with E-state index in [2.05, 4.69) is 58.4 Å². The van der Waals surface area contributed by atoms with Crippen LogP contribution in [0.5, 0.6) is 0 Å². The Morgan fingerprint density at radius 2 is 2.07 bits per heavy atom. The molecule has 5 nitrogen and oxygen atoms in total. The van der Waals surface area contributed by atoms with Gasteiger partial charge in [0, 0.05) is 10.9 Å². The fraction of sp³-hybridized carbons (Fsp3) is 0.333. The highest BCUT2D eigenvalue weighted by atomic mass is 32.1. The van der Waals surface area contributed by atoms with Crippen LogP contribution in [0.3, 0.4) is 0 Å². The molecule has 0 saturated carbocycles. The monoisotopic (exact) mass is 383 g/mol. The number of thiophene rings is 1. The SMILES string of the molecule is CCCCc1ccc([C@@H](NCC(=O)Nc2cc(C)on2)c2cccs2)cc1. The average molecular weight is 384 g/mol. The number of carbonyl (C=O) groups is 1. The van der Waals surface area contributed by atoms with Crippen LogP contribution in [0.1, 0.15) is 47.6 Å². The number of nitrogens with one attached hydrogen (secondary N) is 2. The molecule has 2 N–H and O–H groups in total. The van der Waals surface area contributed by atoms with Gasteiger partial charge in [-0.2, -0.15) is 0 Å². The molecule has 0 bridgehead atoms. The number of hydrogen-bond acceptors (Lipinski definition) is 5. The van der Waals surface area contributed by atoms with Crippen LogP contribution in [-0.4, -0.2) is 17.6 Å². The first-order valence-corrected chi connectivity index (χ1v) is 10.1. The molecular weight excluding hydrogens is 358 g/mol. The topological polar surface area (TPSA) is 67.2 Å². The molecule has 6 heteroatoms. The van der Waals surface area contributed by atoms with Crippen LogP contribution in [0.2, 0.25) is 0 Å². The summed E-state index contributed by atoms with van der Waals surface area (Å²) in [7, 11) is 0. The van der Waals surface area contributed by atoms with Gasteiger partial charge in [0.2, 0.25) is 5.91 Å². The maximum Gasteiger partial charge on any atom is 0.239 e. The standard InChI is InChI=1S/C21H25N3O2S/c1-3-4-6-16-8-10-17(11-9-16)21(18-7-5-12-27-18)22-14-20(25)23-19-13-15(2)26-24-19/h5,7-13,21-22H,3-4,6,14H2,1-2H3,(H,23,24,25)/t21-/m1/s1. The summed E-state index contributed by atoms with van der Waals surface area (Å²) in [5.74, 6) is 0.953. The van der Waals surface area contributed by atoms with Crippen molar-refractivity contribution in [3.05, 3.63) is 69.6 Å². The molecule has 0 spiro atoms. The molecule has 2 aromatic heterocycles. The van der Waals surface area contributed by atoms with E-state index in [1.807, 2.05) is 6.07 Å². The lowest BCUT2D eigenvalue weighted by Gasteiger charge is -2.18. The molecule has 0 aliphatic heterocycles. The largest absolute Gasteiger partial charge is 0.360 e. The lowest BCUT2D eigenvalue weighted by molar-refractivity contribution is -0.115. The van der Waals surface area contributed by atoms with E-state index in [1.54, 1.807) is 24.3 Å². The number of nitrogens with zero attached hydrogens (tertiary/aromatic N) is 1. The first kappa shape index (κ1) is 19.3. The van der Waals surface area contributed by atoms with E-state index in [-0.39, 0.29) is 18.5 Å². The van der Waals surface area contributed by atoms with E-state index < -0.39 is 0 Å². The predicted molar refractivity (Wildman–Crippen MR) is 109 cm³/mol. The molecule has 0 aliphatic rings. The third kappa shape index (κ3) is 5.52. The van der Waals surface area contributed by atoms with Gasteiger partial charge >= 0.3 is 0 Å². The molecule has 142 valence electrons. The molecule has 1 amide bonds. The molecule has 0 fully saturated rings. The molecule has 27 heavy (non-hydrogen) atoms. The van der Waals surface area contributed by atoms with Crippen molar-refractivity contribution in [2.45, 2.75) is 39.2 Å². The summed E-state index contributed by atoms with van der Waals surface area (Å²) in [4.78, 5) is 13.4. The number of rotatable bonds is 9. The first-order valence-electron chi connectivity index (χ1n) is 9.24. The second kappa shape index (κ2) is 9.48. The van der Waals surface area contributed by atoms with Crippen LogP contribution < -0.4 is 10.6 Å². The van der Waals surface area contributed by atoms with Crippen molar-refractivity contribution in [3.8, 4) is 0 Å². The minimum absolute atomic E-state index is 0.0185. The highest BCUT2D eigenvalue weighted by Crippen LogP contribution is 2.26. The Morgan fingerprint density at radius 3 is 2.70 bits per heavy atom. The quantitative estimate of drug-likeness (QED) is 0.562. The summed E-state index contributed by atoms with van der Waals surface area (Å²) in [5.41, 5.74) is 2.51. The Bertz CT molecular complexity index is 841. The summed E-state index contributed by atoms with van der Waals surface area (Å²) in [6.45, 7) is 4.18. The Hall–Kier alpha value is -2.44. The van der Waals surface area contributed by atoms with Gasteiger partial charge in [0.05, 0.1) is 12.6 Å². The zero-order chi connectivity index (χ0) is 19.1. The number of amides is 1. The van der Waals surface area contributed by atoms with Gasteiger partial charge in [0.25, 0.3) is 0 Å². The lowest BCUT2D eigenvalue weighted by atomic mass is 10.0. The number of hydrogen-bond donors (Lipinski definition) is 2. The van der Waals surface area contributed by atoms with Crippen molar-refractivity contribution < 1.29 is 9.32 Å². The fourth-order valence-electron chi connectivity index (χ4n) is 2.90. The molecule has 0 radical (unpaired) electrons. The zero-order valence-corrected chi connectivity index (χ0v) is 16.5. The van der Waals surface area contributed by atoms with Crippen LogP contribution in [0.25, 0.3) is 0 Å². The summed E-state index contributed by atoms with van der Waals surface area (Å²) >= 11 is 1.68. The van der Waals surface area contributed by atoms with Gasteiger partial charge < -0.3 is 9.84 Å². The highest BCUT2D eigenvalue weighted by molar-refractivity contribution is 7.10. The normalized spacial score (nSPS) is 12.1. The first-order chi connectivity index (χ1) is 13.2. The van der Waals surface area contributed by atoms with Crippen LogP contribution in [-0.2, 0) is 11.2 Å². The van der Waals surface area contributed by atoms with E-state index >= 15 is 0 Å². The van der Waals surface area contributed by atoms with Crippen LogP contribution in [0, 0.1) is 6.92 Å². The summed E-state index contributed by atoms with van der Waals surface area (Å²) in [6, 6.07) is 14.5. The van der Waals surface area contributed by atoms with Gasteiger partial charge in [0.1, 0.15) is 5.76 Å². The smallest absolute Gasteiger partial charge is 0.239 e. The molecule has 0 saturated heterocycles. The van der Waals surface area contributed by atoms with Crippen molar-refractivity contribution in [3.63, 3.8) is 0 Å². The predicted octanol–water partition coefficient (Wildman–Crippen LogP) is 4.70. The molecule has 0 aliphatic carbocycles. The molecule has 1 atom stereocenters. The number of unbranched alkanes of at least 4 members (excludes halogenated alkanes) is 1. The second-order valence-electron chi connectivity index (χ2n) is 6.55. The molecule has 0 unspecified atom stereocenters. The van der Waals surface area contributed by atoms with Crippen LogP contribution >= 0.6 is 11.3 Å². The molecule has 2 heterocycles. The van der Waals surface area contributed by atoms with Gasteiger partial charge in [-0.3, -0.25) is 10.1 Å². The molecule has 1 aromatic carbocycles. The van der Waals surface area contributed by atoms with Crippen molar-refractivity contribution >= 4 is 23.1 Å². The maximum atomic E-state index is 12.2. The van der Waals surface area contributed by atoms with Gasteiger partial charge in [-0.15, -0.1) is 11.3 Å². The minimum Gasteiger partial charge on any atom is -0.360 e. The Kier molecular flexibility index (Phi) is 6.79. The summed E-state index contributed by atoms with van der Waals surface area (Å²) < 4.78 is 4.97.